The number of imide groups is 1. The lowest BCUT2D eigenvalue weighted by atomic mass is 10.1. The summed E-state index contributed by atoms with van der Waals surface area (Å²) in [4.78, 5) is 37.2. The Balaban J connectivity index is 1.89. The van der Waals surface area contributed by atoms with Crippen molar-refractivity contribution >= 4 is 17.6 Å². The van der Waals surface area contributed by atoms with E-state index in [0.717, 1.165) is 17.0 Å². The molecule has 116 valence electrons. The van der Waals surface area contributed by atoms with Crippen LogP contribution in [0.25, 0.3) is 0 Å². The first-order valence-electron chi connectivity index (χ1n) is 6.60. The fourth-order valence-corrected chi connectivity index (χ4v) is 2.38. The Bertz CT molecular complexity index is 827. The highest BCUT2D eigenvalue weighted by Gasteiger charge is 2.36. The van der Waals surface area contributed by atoms with Gasteiger partial charge in [0.25, 0.3) is 11.8 Å². The van der Waals surface area contributed by atoms with E-state index in [1.54, 1.807) is 12.1 Å². The van der Waals surface area contributed by atoms with Gasteiger partial charge in [-0.05, 0) is 24.3 Å². The van der Waals surface area contributed by atoms with Gasteiger partial charge >= 0.3 is 0 Å². The summed E-state index contributed by atoms with van der Waals surface area (Å²) in [5.74, 6) is -5.21. The summed E-state index contributed by atoms with van der Waals surface area (Å²) in [5, 5.41) is 18.5. The first-order chi connectivity index (χ1) is 10.9. The molecular formula is C16H10FNO5. The van der Waals surface area contributed by atoms with Crippen LogP contribution in [-0.4, -0.2) is 39.3 Å². The fourth-order valence-electron chi connectivity index (χ4n) is 2.38. The molecule has 2 aromatic carbocycles. The van der Waals surface area contributed by atoms with Gasteiger partial charge in [0, 0.05) is 0 Å². The minimum absolute atomic E-state index is 0.180. The SMILES string of the molecule is O=C(CN1C(=O)c2ccccc2C1=O)c1ccc(O)c(O)c1F. The Labute approximate surface area is 129 Å². The lowest BCUT2D eigenvalue weighted by Crippen LogP contribution is -2.35. The van der Waals surface area contributed by atoms with E-state index in [0.29, 0.717) is 0 Å². The van der Waals surface area contributed by atoms with Crippen molar-refractivity contribution in [2.45, 2.75) is 0 Å². The number of Topliss-reactive ketones (excluding diaryl/α,β-unsaturated/α-hetero) is 1. The van der Waals surface area contributed by atoms with Crippen LogP contribution in [-0.2, 0) is 0 Å². The zero-order valence-corrected chi connectivity index (χ0v) is 11.6. The van der Waals surface area contributed by atoms with E-state index in [9.17, 15) is 29.0 Å². The summed E-state index contributed by atoms with van der Waals surface area (Å²) in [7, 11) is 0. The number of rotatable bonds is 3. The number of ketones is 1. The second-order valence-electron chi connectivity index (χ2n) is 4.96. The summed E-state index contributed by atoms with van der Waals surface area (Å²) in [6, 6.07) is 8.04. The van der Waals surface area contributed by atoms with Gasteiger partial charge in [-0.1, -0.05) is 12.1 Å². The average molecular weight is 315 g/mol. The summed E-state index contributed by atoms with van der Waals surface area (Å²) in [5.41, 5.74) is -0.157. The molecule has 7 heteroatoms. The van der Waals surface area contributed by atoms with E-state index in [1.807, 2.05) is 0 Å². The van der Waals surface area contributed by atoms with E-state index < -0.39 is 47.0 Å². The molecule has 0 saturated carbocycles. The number of hydrogen-bond donors (Lipinski definition) is 2. The van der Waals surface area contributed by atoms with Crippen molar-refractivity contribution in [3.63, 3.8) is 0 Å². The maximum Gasteiger partial charge on any atom is 0.261 e. The van der Waals surface area contributed by atoms with Crippen molar-refractivity contribution in [1.82, 2.24) is 4.90 Å². The molecule has 0 aromatic heterocycles. The molecule has 1 aliphatic heterocycles. The first-order valence-corrected chi connectivity index (χ1v) is 6.60. The molecular weight excluding hydrogens is 305 g/mol. The molecule has 23 heavy (non-hydrogen) atoms. The van der Waals surface area contributed by atoms with Crippen LogP contribution in [0.4, 0.5) is 4.39 Å². The number of amides is 2. The third kappa shape index (κ3) is 2.22. The number of phenolic OH excluding ortho intramolecular Hbond substituents is 2. The quantitative estimate of drug-likeness (QED) is 0.511. The topological polar surface area (TPSA) is 94.9 Å². The molecule has 0 radical (unpaired) electrons. The summed E-state index contributed by atoms with van der Waals surface area (Å²) in [6.07, 6.45) is 0. The molecule has 0 aliphatic carbocycles. The van der Waals surface area contributed by atoms with E-state index >= 15 is 0 Å². The zero-order chi connectivity index (χ0) is 16.7. The molecule has 0 unspecified atom stereocenters. The number of aromatic hydroxyl groups is 2. The summed E-state index contributed by atoms with van der Waals surface area (Å²) in [6.45, 7) is -0.659. The molecule has 1 heterocycles. The van der Waals surface area contributed by atoms with Crippen LogP contribution in [0.2, 0.25) is 0 Å². The zero-order valence-electron chi connectivity index (χ0n) is 11.6. The number of phenols is 2. The lowest BCUT2D eigenvalue weighted by Gasteiger charge is -2.13. The molecule has 2 N–H and O–H groups in total. The predicted molar refractivity (Wildman–Crippen MR) is 75.9 cm³/mol. The van der Waals surface area contributed by atoms with Gasteiger partial charge < -0.3 is 10.2 Å². The molecule has 0 bridgehead atoms. The van der Waals surface area contributed by atoms with Gasteiger partial charge in [0.2, 0.25) is 0 Å². The van der Waals surface area contributed by atoms with Crippen LogP contribution >= 0.6 is 0 Å². The van der Waals surface area contributed by atoms with Gasteiger partial charge in [-0.15, -0.1) is 0 Å². The Hall–Kier alpha value is -3.22. The number of carbonyl (C=O) groups excluding carboxylic acids is 3. The van der Waals surface area contributed by atoms with Crippen molar-refractivity contribution in [3.8, 4) is 11.5 Å². The number of fused-ring (bicyclic) bond motifs is 1. The molecule has 3 rings (SSSR count). The number of halogens is 1. The number of hydrogen-bond acceptors (Lipinski definition) is 5. The standard InChI is InChI=1S/C16H10FNO5/c17-13-10(5-6-11(19)14(13)21)12(20)7-18-15(22)8-3-1-2-4-9(8)16(18)23/h1-6,19,21H,7H2. The molecule has 0 atom stereocenters. The number of carbonyl (C=O) groups is 3. The Morgan fingerprint density at radius 2 is 1.57 bits per heavy atom. The summed E-state index contributed by atoms with van der Waals surface area (Å²) >= 11 is 0. The monoisotopic (exact) mass is 315 g/mol. The second-order valence-corrected chi connectivity index (χ2v) is 4.96. The van der Waals surface area contributed by atoms with Gasteiger partial charge in [0.1, 0.15) is 0 Å². The smallest absolute Gasteiger partial charge is 0.261 e. The second kappa shape index (κ2) is 5.20. The minimum Gasteiger partial charge on any atom is -0.504 e. The molecule has 6 nitrogen and oxygen atoms in total. The Morgan fingerprint density at radius 3 is 2.13 bits per heavy atom. The molecule has 0 fully saturated rings. The third-order valence-corrected chi connectivity index (χ3v) is 3.58. The Morgan fingerprint density at radius 1 is 1.00 bits per heavy atom. The summed E-state index contributed by atoms with van der Waals surface area (Å²) < 4.78 is 13.8. The number of benzene rings is 2. The Kier molecular flexibility index (Phi) is 3.33. The maximum atomic E-state index is 13.8. The maximum absolute atomic E-state index is 13.8. The highest BCUT2D eigenvalue weighted by molar-refractivity contribution is 6.23. The predicted octanol–water partition coefficient (Wildman–Crippen LogP) is 1.72. The normalized spacial score (nSPS) is 13.3. The molecule has 0 spiro atoms. The molecule has 1 aliphatic rings. The van der Waals surface area contributed by atoms with Crippen LogP contribution in [0.15, 0.2) is 36.4 Å². The van der Waals surface area contributed by atoms with Gasteiger partial charge in [0.15, 0.2) is 23.1 Å². The van der Waals surface area contributed by atoms with Crippen molar-refractivity contribution in [3.05, 3.63) is 58.9 Å². The van der Waals surface area contributed by atoms with Crippen molar-refractivity contribution < 1.29 is 29.0 Å². The van der Waals surface area contributed by atoms with Crippen LogP contribution in [0.3, 0.4) is 0 Å². The molecule has 2 amide bonds. The highest BCUT2D eigenvalue weighted by atomic mass is 19.1. The average Bonchev–Trinajstić information content (AvgIpc) is 2.78. The largest absolute Gasteiger partial charge is 0.504 e. The molecule has 0 saturated heterocycles. The van der Waals surface area contributed by atoms with E-state index in [2.05, 4.69) is 0 Å². The highest BCUT2D eigenvalue weighted by Crippen LogP contribution is 2.30. The van der Waals surface area contributed by atoms with Crippen LogP contribution in [0.1, 0.15) is 31.1 Å². The van der Waals surface area contributed by atoms with E-state index in [-0.39, 0.29) is 11.1 Å². The third-order valence-electron chi connectivity index (χ3n) is 3.58. The van der Waals surface area contributed by atoms with Crippen molar-refractivity contribution in [2.24, 2.45) is 0 Å². The van der Waals surface area contributed by atoms with E-state index in [1.165, 1.54) is 12.1 Å². The van der Waals surface area contributed by atoms with Crippen molar-refractivity contribution in [1.29, 1.82) is 0 Å². The first kappa shape index (κ1) is 14.7. The van der Waals surface area contributed by atoms with Gasteiger partial charge in [-0.25, -0.2) is 4.39 Å². The van der Waals surface area contributed by atoms with Gasteiger partial charge in [-0.2, -0.15) is 0 Å². The molecule has 2 aromatic rings. The van der Waals surface area contributed by atoms with Crippen LogP contribution in [0.5, 0.6) is 11.5 Å². The van der Waals surface area contributed by atoms with Crippen molar-refractivity contribution in [2.75, 3.05) is 6.54 Å². The number of nitrogens with zero attached hydrogens (tertiary/aromatic N) is 1. The van der Waals surface area contributed by atoms with Gasteiger partial charge in [-0.3, -0.25) is 19.3 Å². The minimum atomic E-state index is -1.30. The van der Waals surface area contributed by atoms with Crippen LogP contribution < -0.4 is 0 Å². The fraction of sp³-hybridized carbons (Fsp3) is 0.0625. The van der Waals surface area contributed by atoms with Crippen LogP contribution in [0, 0.1) is 5.82 Å². The van der Waals surface area contributed by atoms with Gasteiger partial charge in [0.05, 0.1) is 23.2 Å². The van der Waals surface area contributed by atoms with E-state index in [4.69, 9.17) is 0 Å². The lowest BCUT2D eigenvalue weighted by molar-refractivity contribution is 0.0623.